The van der Waals surface area contributed by atoms with Crippen LogP contribution in [0, 0.1) is 5.92 Å². The van der Waals surface area contributed by atoms with Crippen molar-refractivity contribution in [2.24, 2.45) is 5.92 Å². The van der Waals surface area contributed by atoms with E-state index in [0.717, 1.165) is 35.6 Å². The van der Waals surface area contributed by atoms with E-state index in [2.05, 4.69) is 25.6 Å². The van der Waals surface area contributed by atoms with Crippen LogP contribution in [0.3, 0.4) is 0 Å². The van der Waals surface area contributed by atoms with Gasteiger partial charge in [0.25, 0.3) is 0 Å². The highest BCUT2D eigenvalue weighted by molar-refractivity contribution is 5.78. The Labute approximate surface area is 139 Å². The molecule has 2 N–H and O–H groups in total. The maximum absolute atomic E-state index is 12.4. The smallest absolute Gasteiger partial charge is 0.225 e. The lowest BCUT2D eigenvalue weighted by Gasteiger charge is -2.21. The van der Waals surface area contributed by atoms with E-state index >= 15 is 0 Å². The van der Waals surface area contributed by atoms with Crippen molar-refractivity contribution in [3.63, 3.8) is 0 Å². The van der Waals surface area contributed by atoms with Crippen molar-refractivity contribution in [1.82, 2.24) is 30.3 Å². The first-order chi connectivity index (χ1) is 11.8. The Morgan fingerprint density at radius 2 is 2.21 bits per heavy atom. The summed E-state index contributed by atoms with van der Waals surface area (Å²) in [6, 6.07) is 11.9. The van der Waals surface area contributed by atoms with E-state index in [0.29, 0.717) is 13.1 Å². The Bertz CT molecular complexity index is 838. The number of aromatic nitrogens is 5. The van der Waals surface area contributed by atoms with Gasteiger partial charge in [-0.25, -0.2) is 9.67 Å². The monoisotopic (exact) mass is 322 g/mol. The summed E-state index contributed by atoms with van der Waals surface area (Å²) in [6.45, 7) is 1.04. The molecule has 2 aromatic heterocycles. The van der Waals surface area contributed by atoms with E-state index < -0.39 is 0 Å². The number of aryl methyl sites for hydroxylation is 1. The molecule has 0 fully saturated rings. The lowest BCUT2D eigenvalue weighted by Crippen LogP contribution is -2.36. The molecule has 0 saturated carbocycles. The fourth-order valence-corrected chi connectivity index (χ4v) is 2.99. The maximum atomic E-state index is 12.4. The zero-order valence-corrected chi connectivity index (χ0v) is 13.1. The highest BCUT2D eigenvalue weighted by Crippen LogP contribution is 2.19. The standard InChI is InChI=1S/C17H18N6O/c24-17(13-6-7-16-19-11-20-23(16)10-13)18-9-14-8-15(22-21-14)12-4-2-1-3-5-12/h1-5,8,11,13H,6-7,9-10H2,(H,18,24)(H,21,22). The van der Waals surface area contributed by atoms with E-state index in [1.54, 1.807) is 6.33 Å². The third-order valence-corrected chi connectivity index (χ3v) is 4.33. The third kappa shape index (κ3) is 2.92. The lowest BCUT2D eigenvalue weighted by atomic mass is 9.99. The van der Waals surface area contributed by atoms with Crippen LogP contribution >= 0.6 is 0 Å². The quantitative estimate of drug-likeness (QED) is 0.763. The van der Waals surface area contributed by atoms with Crippen molar-refractivity contribution in [3.05, 3.63) is 54.2 Å². The van der Waals surface area contributed by atoms with E-state index in [-0.39, 0.29) is 11.8 Å². The summed E-state index contributed by atoms with van der Waals surface area (Å²) in [5, 5.41) is 14.4. The van der Waals surface area contributed by atoms with Crippen LogP contribution in [0.1, 0.15) is 17.9 Å². The first-order valence-corrected chi connectivity index (χ1v) is 8.04. The highest BCUT2D eigenvalue weighted by Gasteiger charge is 2.25. The first-order valence-electron chi connectivity index (χ1n) is 8.04. The number of nitrogens with one attached hydrogen (secondary N) is 2. The van der Waals surface area contributed by atoms with Crippen LogP contribution in [0.4, 0.5) is 0 Å². The number of aromatic amines is 1. The molecule has 0 radical (unpaired) electrons. The predicted octanol–water partition coefficient (Wildman–Crippen LogP) is 1.55. The molecule has 1 aliphatic rings. The van der Waals surface area contributed by atoms with Crippen molar-refractivity contribution in [3.8, 4) is 11.3 Å². The van der Waals surface area contributed by atoms with Crippen molar-refractivity contribution >= 4 is 5.91 Å². The van der Waals surface area contributed by atoms with Crippen LogP contribution in [0.15, 0.2) is 42.7 Å². The fourth-order valence-electron chi connectivity index (χ4n) is 2.99. The molecule has 122 valence electrons. The summed E-state index contributed by atoms with van der Waals surface area (Å²) in [5.74, 6) is 0.947. The van der Waals surface area contributed by atoms with Gasteiger partial charge in [0.15, 0.2) is 0 Å². The number of amides is 1. The van der Waals surface area contributed by atoms with Gasteiger partial charge in [-0.15, -0.1) is 0 Å². The average molecular weight is 322 g/mol. The summed E-state index contributed by atoms with van der Waals surface area (Å²) in [5.41, 5.74) is 2.82. The molecular weight excluding hydrogens is 304 g/mol. The van der Waals surface area contributed by atoms with Gasteiger partial charge in [-0.05, 0) is 12.5 Å². The Balaban J connectivity index is 1.36. The lowest BCUT2D eigenvalue weighted by molar-refractivity contribution is -0.126. The van der Waals surface area contributed by atoms with Crippen LogP contribution in [0.5, 0.6) is 0 Å². The van der Waals surface area contributed by atoms with Gasteiger partial charge in [0, 0.05) is 12.0 Å². The molecule has 3 heterocycles. The van der Waals surface area contributed by atoms with Crippen LogP contribution in [0.25, 0.3) is 11.3 Å². The summed E-state index contributed by atoms with van der Waals surface area (Å²) in [6.07, 6.45) is 3.15. The van der Waals surface area contributed by atoms with Crippen LogP contribution in [-0.2, 0) is 24.3 Å². The van der Waals surface area contributed by atoms with Crippen LogP contribution < -0.4 is 5.32 Å². The number of nitrogens with zero attached hydrogens (tertiary/aromatic N) is 4. The highest BCUT2D eigenvalue weighted by atomic mass is 16.1. The molecule has 24 heavy (non-hydrogen) atoms. The van der Waals surface area contributed by atoms with E-state index in [1.165, 1.54) is 0 Å². The molecule has 0 spiro atoms. The van der Waals surface area contributed by atoms with Crippen molar-refractivity contribution in [2.75, 3.05) is 0 Å². The molecule has 0 aliphatic carbocycles. The second-order valence-electron chi connectivity index (χ2n) is 5.96. The van der Waals surface area contributed by atoms with Crippen molar-refractivity contribution < 1.29 is 4.79 Å². The summed E-state index contributed by atoms with van der Waals surface area (Å²) in [7, 11) is 0. The molecular formula is C17H18N6O. The number of benzene rings is 1. The Hall–Kier alpha value is -2.96. The van der Waals surface area contributed by atoms with Crippen molar-refractivity contribution in [1.29, 1.82) is 0 Å². The molecule has 1 aliphatic heterocycles. The SMILES string of the molecule is O=C(NCc1cc(-c2ccccc2)n[nH]1)C1CCc2ncnn2C1. The minimum absolute atomic E-state index is 0.0482. The molecule has 7 heteroatoms. The number of rotatable bonds is 4. The van der Waals surface area contributed by atoms with Gasteiger partial charge in [-0.3, -0.25) is 9.89 Å². The van der Waals surface area contributed by atoms with Gasteiger partial charge in [0.1, 0.15) is 12.2 Å². The number of carbonyl (C=O) groups is 1. The van der Waals surface area contributed by atoms with Gasteiger partial charge in [0.2, 0.25) is 5.91 Å². The fraction of sp³-hybridized carbons (Fsp3) is 0.294. The predicted molar refractivity (Wildman–Crippen MR) is 87.7 cm³/mol. The Morgan fingerprint density at radius 3 is 3.08 bits per heavy atom. The second kappa shape index (κ2) is 6.27. The Morgan fingerprint density at radius 1 is 1.33 bits per heavy atom. The Kier molecular flexibility index (Phi) is 3.82. The molecule has 1 amide bonds. The number of hydrogen-bond acceptors (Lipinski definition) is 4. The summed E-state index contributed by atoms with van der Waals surface area (Å²) < 4.78 is 1.82. The van der Waals surface area contributed by atoms with Gasteiger partial charge in [-0.1, -0.05) is 30.3 Å². The van der Waals surface area contributed by atoms with Crippen molar-refractivity contribution in [2.45, 2.75) is 25.9 Å². The normalized spacial score (nSPS) is 16.6. The minimum Gasteiger partial charge on any atom is -0.350 e. The number of H-pyrrole nitrogens is 1. The molecule has 4 rings (SSSR count). The molecule has 0 saturated heterocycles. The van der Waals surface area contributed by atoms with E-state index in [1.807, 2.05) is 41.1 Å². The zero-order chi connectivity index (χ0) is 16.4. The third-order valence-electron chi connectivity index (χ3n) is 4.33. The van der Waals surface area contributed by atoms with Gasteiger partial charge in [0.05, 0.1) is 30.4 Å². The molecule has 1 atom stereocenters. The minimum atomic E-state index is -0.0595. The molecule has 3 aromatic rings. The van der Waals surface area contributed by atoms with Gasteiger partial charge < -0.3 is 5.32 Å². The molecule has 1 unspecified atom stereocenters. The number of carbonyl (C=O) groups excluding carboxylic acids is 1. The second-order valence-corrected chi connectivity index (χ2v) is 5.96. The average Bonchev–Trinajstić information content (AvgIpc) is 3.29. The number of hydrogen-bond donors (Lipinski definition) is 2. The van der Waals surface area contributed by atoms with Crippen LogP contribution in [0.2, 0.25) is 0 Å². The maximum Gasteiger partial charge on any atom is 0.225 e. The van der Waals surface area contributed by atoms with E-state index in [4.69, 9.17) is 0 Å². The molecule has 1 aromatic carbocycles. The summed E-state index contributed by atoms with van der Waals surface area (Å²) in [4.78, 5) is 16.6. The topological polar surface area (TPSA) is 88.5 Å². The van der Waals surface area contributed by atoms with E-state index in [9.17, 15) is 4.79 Å². The molecule has 7 nitrogen and oxygen atoms in total. The largest absolute Gasteiger partial charge is 0.350 e. The van der Waals surface area contributed by atoms with Gasteiger partial charge >= 0.3 is 0 Å². The first kappa shape index (κ1) is 14.6. The zero-order valence-electron chi connectivity index (χ0n) is 13.1. The van der Waals surface area contributed by atoms with Gasteiger partial charge in [-0.2, -0.15) is 10.2 Å². The summed E-state index contributed by atoms with van der Waals surface area (Å²) >= 11 is 0. The molecule has 0 bridgehead atoms. The van der Waals surface area contributed by atoms with Crippen LogP contribution in [-0.4, -0.2) is 30.9 Å². The number of fused-ring (bicyclic) bond motifs is 1.